The van der Waals surface area contributed by atoms with E-state index in [1.807, 2.05) is 0 Å². The van der Waals surface area contributed by atoms with Crippen LogP contribution in [-0.2, 0) is 4.74 Å². The number of rotatable bonds is 2. The highest BCUT2D eigenvalue weighted by atomic mass is 16.5. The summed E-state index contributed by atoms with van der Waals surface area (Å²) in [6, 6.07) is 6.55. The van der Waals surface area contributed by atoms with Crippen molar-refractivity contribution < 1.29 is 9.84 Å². The topological polar surface area (TPSA) is 45.6 Å². The third-order valence-corrected chi connectivity index (χ3v) is 6.15. The van der Waals surface area contributed by atoms with Gasteiger partial charge in [-0.1, -0.05) is 12.1 Å². The summed E-state index contributed by atoms with van der Waals surface area (Å²) in [5.41, 5.74) is 4.79. The van der Waals surface area contributed by atoms with Gasteiger partial charge < -0.3 is 14.7 Å². The maximum atomic E-state index is 10.00. The Kier molecular flexibility index (Phi) is 3.77. The summed E-state index contributed by atoms with van der Waals surface area (Å²) in [6.45, 7) is 9.92. The van der Waals surface area contributed by atoms with Gasteiger partial charge in [0.2, 0.25) is 0 Å². The molecule has 24 heavy (non-hydrogen) atoms. The Hall–Kier alpha value is -1.65. The molecule has 0 aliphatic carbocycles. The first-order valence-corrected chi connectivity index (χ1v) is 8.85. The maximum absolute atomic E-state index is 10.00. The molecule has 2 fully saturated rings. The van der Waals surface area contributed by atoms with Gasteiger partial charge in [0.25, 0.3) is 0 Å². The van der Waals surface area contributed by atoms with Crippen LogP contribution >= 0.6 is 0 Å². The van der Waals surface area contributed by atoms with Crippen molar-refractivity contribution >= 4 is 16.7 Å². The Bertz CT molecular complexity index is 789. The lowest BCUT2D eigenvalue weighted by Gasteiger charge is -2.36. The summed E-state index contributed by atoms with van der Waals surface area (Å²) in [7, 11) is 0. The molecule has 1 aromatic heterocycles. The highest BCUT2D eigenvalue weighted by molar-refractivity contribution is 5.87. The van der Waals surface area contributed by atoms with Crippen molar-refractivity contribution in [2.45, 2.75) is 27.2 Å². The molecule has 2 atom stereocenters. The first kappa shape index (κ1) is 15.9. The van der Waals surface area contributed by atoms with Gasteiger partial charge in [-0.3, -0.25) is 0 Å². The molecule has 1 N–H and O–H groups in total. The third kappa shape index (κ3) is 2.32. The molecule has 2 aliphatic heterocycles. The molecule has 0 bridgehead atoms. The molecule has 0 unspecified atom stereocenters. The lowest BCUT2D eigenvalue weighted by Crippen LogP contribution is -2.43. The van der Waals surface area contributed by atoms with Crippen molar-refractivity contribution in [1.82, 2.24) is 4.98 Å². The molecule has 128 valence electrons. The van der Waals surface area contributed by atoms with Crippen molar-refractivity contribution in [3.63, 3.8) is 0 Å². The van der Waals surface area contributed by atoms with Gasteiger partial charge in [-0.2, -0.15) is 0 Å². The number of aromatic nitrogens is 1. The van der Waals surface area contributed by atoms with Gasteiger partial charge in [0.15, 0.2) is 0 Å². The van der Waals surface area contributed by atoms with Crippen molar-refractivity contribution in [2.24, 2.45) is 11.3 Å². The van der Waals surface area contributed by atoms with Crippen LogP contribution < -0.4 is 4.90 Å². The highest BCUT2D eigenvalue weighted by Crippen LogP contribution is 2.42. The fourth-order valence-corrected chi connectivity index (χ4v) is 4.34. The zero-order chi connectivity index (χ0) is 16.9. The van der Waals surface area contributed by atoms with E-state index >= 15 is 0 Å². The van der Waals surface area contributed by atoms with Crippen molar-refractivity contribution in [1.29, 1.82) is 0 Å². The molecule has 4 heteroatoms. The summed E-state index contributed by atoms with van der Waals surface area (Å²) in [5, 5.41) is 11.2. The quantitative estimate of drug-likeness (QED) is 0.921. The summed E-state index contributed by atoms with van der Waals surface area (Å²) < 4.78 is 5.68. The zero-order valence-electron chi connectivity index (χ0n) is 14.8. The number of hydrogen-bond donors (Lipinski definition) is 1. The molecule has 4 nitrogen and oxygen atoms in total. The van der Waals surface area contributed by atoms with Crippen LogP contribution in [-0.4, -0.2) is 43.0 Å². The lowest BCUT2D eigenvalue weighted by atomic mass is 9.76. The van der Waals surface area contributed by atoms with E-state index in [0.717, 1.165) is 37.5 Å². The number of nitrogens with zero attached hydrogens (tertiary/aromatic N) is 2. The molecule has 2 aromatic rings. The minimum absolute atomic E-state index is 0.121. The minimum Gasteiger partial charge on any atom is -0.396 e. The Morgan fingerprint density at radius 1 is 1.29 bits per heavy atom. The van der Waals surface area contributed by atoms with Crippen molar-refractivity contribution in [3.8, 4) is 0 Å². The van der Waals surface area contributed by atoms with E-state index in [1.54, 1.807) is 0 Å². The molecule has 4 rings (SSSR count). The van der Waals surface area contributed by atoms with Crippen LogP contribution in [0.4, 0.5) is 5.82 Å². The molecule has 1 aromatic carbocycles. The van der Waals surface area contributed by atoms with Crippen LogP contribution in [0.2, 0.25) is 0 Å². The molecule has 0 spiro atoms. The number of aryl methyl sites for hydroxylation is 3. The highest BCUT2D eigenvalue weighted by Gasteiger charge is 2.48. The van der Waals surface area contributed by atoms with E-state index in [1.165, 1.54) is 22.1 Å². The zero-order valence-corrected chi connectivity index (χ0v) is 14.8. The smallest absolute Gasteiger partial charge is 0.129 e. The Labute approximate surface area is 143 Å². The number of hydrogen-bond acceptors (Lipinski definition) is 4. The molecule has 0 radical (unpaired) electrons. The summed E-state index contributed by atoms with van der Waals surface area (Å²) in [4.78, 5) is 7.36. The van der Waals surface area contributed by atoms with Gasteiger partial charge in [0, 0.05) is 30.5 Å². The van der Waals surface area contributed by atoms with Gasteiger partial charge in [0.05, 0.1) is 18.7 Å². The van der Waals surface area contributed by atoms with Crippen LogP contribution in [0.5, 0.6) is 0 Å². The van der Waals surface area contributed by atoms with Gasteiger partial charge in [-0.25, -0.2) is 4.98 Å². The van der Waals surface area contributed by atoms with Crippen LogP contribution in [0.15, 0.2) is 18.2 Å². The Morgan fingerprint density at radius 3 is 2.88 bits per heavy atom. The molecule has 2 aliphatic rings. The van der Waals surface area contributed by atoms with Crippen LogP contribution in [0.3, 0.4) is 0 Å². The average Bonchev–Trinajstić information content (AvgIpc) is 2.98. The molecular weight excluding hydrogens is 300 g/mol. The van der Waals surface area contributed by atoms with E-state index in [9.17, 15) is 5.11 Å². The van der Waals surface area contributed by atoms with E-state index < -0.39 is 0 Å². The normalized spacial score (nSPS) is 26.8. The first-order valence-electron chi connectivity index (χ1n) is 8.85. The number of ether oxygens (including phenoxy) is 1. The monoisotopic (exact) mass is 326 g/mol. The van der Waals surface area contributed by atoms with Gasteiger partial charge in [-0.15, -0.1) is 0 Å². The molecular formula is C20H26N2O2. The third-order valence-electron chi connectivity index (χ3n) is 6.15. The van der Waals surface area contributed by atoms with E-state index in [2.05, 4.69) is 43.9 Å². The number of aliphatic hydroxyl groups excluding tert-OH is 1. The number of pyridine rings is 1. The second-order valence-corrected chi connectivity index (χ2v) is 7.64. The number of benzene rings is 1. The second kappa shape index (κ2) is 5.71. The Balaban J connectivity index is 1.76. The molecule has 2 saturated heterocycles. The first-order chi connectivity index (χ1) is 11.5. The minimum atomic E-state index is -0.121. The molecule has 3 heterocycles. The molecule has 0 amide bonds. The van der Waals surface area contributed by atoms with Gasteiger partial charge in [-0.05, 0) is 55.9 Å². The van der Waals surface area contributed by atoms with Crippen LogP contribution in [0.25, 0.3) is 10.9 Å². The standard InChI is InChI=1S/C20H26N2O2/c1-13-4-5-17-14(2)8-18(21-19(17)15(13)3)22-9-16-6-7-24-12-20(16,10-22)11-23/h4-5,8,16,23H,6-7,9-12H2,1-3H3/t16-,20+/m0/s1. The SMILES string of the molecule is Cc1ccc2c(C)cc(N3C[C@@H]4CCOC[C@]4(CO)C3)nc2c1C. The molecule has 0 saturated carbocycles. The number of fused-ring (bicyclic) bond motifs is 2. The maximum Gasteiger partial charge on any atom is 0.129 e. The van der Waals surface area contributed by atoms with Crippen LogP contribution in [0.1, 0.15) is 23.1 Å². The van der Waals surface area contributed by atoms with E-state index in [0.29, 0.717) is 12.5 Å². The number of aliphatic hydroxyl groups is 1. The fourth-order valence-electron chi connectivity index (χ4n) is 4.34. The van der Waals surface area contributed by atoms with Crippen LogP contribution in [0, 0.1) is 32.1 Å². The summed E-state index contributed by atoms with van der Waals surface area (Å²) in [5.74, 6) is 1.53. The lowest BCUT2D eigenvalue weighted by molar-refractivity contribution is -0.0543. The van der Waals surface area contributed by atoms with E-state index in [-0.39, 0.29) is 12.0 Å². The van der Waals surface area contributed by atoms with Gasteiger partial charge >= 0.3 is 0 Å². The van der Waals surface area contributed by atoms with E-state index in [4.69, 9.17) is 9.72 Å². The van der Waals surface area contributed by atoms with Gasteiger partial charge in [0.1, 0.15) is 5.82 Å². The largest absolute Gasteiger partial charge is 0.396 e. The predicted molar refractivity (Wildman–Crippen MR) is 96.6 cm³/mol. The van der Waals surface area contributed by atoms with Crippen molar-refractivity contribution in [2.75, 3.05) is 37.8 Å². The Morgan fingerprint density at radius 2 is 2.12 bits per heavy atom. The van der Waals surface area contributed by atoms with Crippen molar-refractivity contribution in [3.05, 3.63) is 34.9 Å². The number of anilines is 1. The average molecular weight is 326 g/mol. The second-order valence-electron chi connectivity index (χ2n) is 7.64. The summed E-state index contributed by atoms with van der Waals surface area (Å²) >= 11 is 0. The summed E-state index contributed by atoms with van der Waals surface area (Å²) in [6.07, 6.45) is 1.03. The fraction of sp³-hybridized carbons (Fsp3) is 0.550. The predicted octanol–water partition coefficient (Wildman–Crippen LogP) is 3.00.